The fourth-order valence-corrected chi connectivity index (χ4v) is 3.54. The largest absolute Gasteiger partial charge is 0.469 e. The Kier molecular flexibility index (Phi) is 6.69. The van der Waals surface area contributed by atoms with Crippen molar-refractivity contribution in [2.75, 3.05) is 12.4 Å². The number of esters is 1. The second-order valence-electron chi connectivity index (χ2n) is 7.63. The Balaban J connectivity index is 1.78. The van der Waals surface area contributed by atoms with Crippen LogP contribution in [0.4, 0.5) is 11.6 Å². The molecule has 2 aromatic carbocycles. The van der Waals surface area contributed by atoms with Gasteiger partial charge in [-0.3, -0.25) is 19.3 Å². The second-order valence-corrected chi connectivity index (χ2v) is 8.07. The van der Waals surface area contributed by atoms with E-state index in [0.29, 0.717) is 21.7 Å². The summed E-state index contributed by atoms with van der Waals surface area (Å²) in [5, 5.41) is 3.60. The summed E-state index contributed by atoms with van der Waals surface area (Å²) in [6.45, 7) is 1.53. The van der Waals surface area contributed by atoms with Crippen molar-refractivity contribution in [2.24, 2.45) is 5.92 Å². The van der Waals surface area contributed by atoms with E-state index in [-0.39, 0.29) is 19.0 Å². The summed E-state index contributed by atoms with van der Waals surface area (Å²) in [6.07, 6.45) is 3.17. The standard InChI is InChI=1S/C23H21ClN6O4/c1-14(20(31)34-2)12-30-22(32)28-21(27-17-7-8-18-19(11-17)26-10-9-25-18)29(23(30)33)13-15-3-5-16(24)6-4-15/h3-11,14H,12-13H2,1-2H3,(H,27,28,32)/t14-/m0/s1. The SMILES string of the molecule is COC(=O)[C@@H](C)Cn1c(=O)nc(Nc2ccc3nccnc3c2)n(Cc2ccc(Cl)cc2)c1=O. The van der Waals surface area contributed by atoms with E-state index >= 15 is 0 Å². The Morgan fingerprint density at radius 1 is 1.06 bits per heavy atom. The topological polar surface area (TPSA) is 121 Å². The van der Waals surface area contributed by atoms with Gasteiger partial charge in [-0.05, 0) is 35.9 Å². The summed E-state index contributed by atoms with van der Waals surface area (Å²) in [7, 11) is 1.25. The number of hydrogen-bond donors (Lipinski definition) is 1. The Labute approximate surface area is 198 Å². The smallest absolute Gasteiger partial charge is 0.354 e. The molecule has 0 fully saturated rings. The van der Waals surface area contributed by atoms with Crippen LogP contribution in [0.3, 0.4) is 0 Å². The Morgan fingerprint density at radius 3 is 2.47 bits per heavy atom. The number of methoxy groups -OCH3 is 1. The lowest BCUT2D eigenvalue weighted by Crippen LogP contribution is -2.44. The molecule has 1 N–H and O–H groups in total. The predicted molar refractivity (Wildman–Crippen MR) is 127 cm³/mol. The molecule has 0 bridgehead atoms. The number of carbonyl (C=O) groups is 1. The molecule has 0 amide bonds. The average molecular weight is 481 g/mol. The lowest BCUT2D eigenvalue weighted by molar-refractivity contribution is -0.145. The zero-order valence-electron chi connectivity index (χ0n) is 18.4. The minimum absolute atomic E-state index is 0.0511. The normalized spacial score (nSPS) is 11.9. The van der Waals surface area contributed by atoms with Gasteiger partial charge in [0, 0.05) is 29.6 Å². The molecule has 0 saturated heterocycles. The molecule has 0 aliphatic heterocycles. The van der Waals surface area contributed by atoms with E-state index in [4.69, 9.17) is 16.3 Å². The van der Waals surface area contributed by atoms with E-state index in [1.807, 2.05) is 0 Å². The van der Waals surface area contributed by atoms with Crippen LogP contribution in [0, 0.1) is 5.92 Å². The first-order valence-corrected chi connectivity index (χ1v) is 10.7. The van der Waals surface area contributed by atoms with Crippen LogP contribution in [0.2, 0.25) is 5.02 Å². The number of carbonyl (C=O) groups excluding carboxylic acids is 1. The number of ether oxygens (including phenoxy) is 1. The number of hydrogen-bond acceptors (Lipinski definition) is 8. The Bertz CT molecular complexity index is 1470. The lowest BCUT2D eigenvalue weighted by Gasteiger charge is -2.17. The highest BCUT2D eigenvalue weighted by atomic mass is 35.5. The number of aromatic nitrogens is 5. The van der Waals surface area contributed by atoms with Crippen molar-refractivity contribution < 1.29 is 9.53 Å². The van der Waals surface area contributed by atoms with Gasteiger partial charge < -0.3 is 10.1 Å². The molecule has 0 spiro atoms. The van der Waals surface area contributed by atoms with Gasteiger partial charge in [0.05, 0.1) is 30.6 Å². The van der Waals surface area contributed by atoms with Gasteiger partial charge in [0.2, 0.25) is 5.95 Å². The van der Waals surface area contributed by atoms with Gasteiger partial charge in [0.25, 0.3) is 0 Å². The van der Waals surface area contributed by atoms with E-state index in [9.17, 15) is 14.4 Å². The highest BCUT2D eigenvalue weighted by Crippen LogP contribution is 2.19. The number of anilines is 2. The van der Waals surface area contributed by atoms with Gasteiger partial charge in [-0.15, -0.1) is 0 Å². The van der Waals surface area contributed by atoms with Gasteiger partial charge in [-0.25, -0.2) is 14.2 Å². The number of benzene rings is 2. The highest BCUT2D eigenvalue weighted by Gasteiger charge is 2.20. The molecule has 0 radical (unpaired) electrons. The van der Waals surface area contributed by atoms with Crippen LogP contribution < -0.4 is 16.7 Å². The molecule has 34 heavy (non-hydrogen) atoms. The molecular formula is C23H21ClN6O4. The van der Waals surface area contributed by atoms with Crippen molar-refractivity contribution in [1.82, 2.24) is 24.1 Å². The van der Waals surface area contributed by atoms with E-state index in [0.717, 1.165) is 10.1 Å². The number of nitrogens with one attached hydrogen (secondary N) is 1. The fourth-order valence-electron chi connectivity index (χ4n) is 3.42. The molecule has 4 aromatic rings. The average Bonchev–Trinajstić information content (AvgIpc) is 2.84. The van der Waals surface area contributed by atoms with E-state index in [2.05, 4.69) is 20.3 Å². The summed E-state index contributed by atoms with van der Waals surface area (Å²) in [4.78, 5) is 50.6. The monoisotopic (exact) mass is 480 g/mol. The molecule has 0 saturated carbocycles. The first-order valence-electron chi connectivity index (χ1n) is 10.4. The molecule has 2 aromatic heterocycles. The summed E-state index contributed by atoms with van der Waals surface area (Å²) in [5.41, 5.74) is 1.29. The third-order valence-corrected chi connectivity index (χ3v) is 5.44. The summed E-state index contributed by atoms with van der Waals surface area (Å²) in [6, 6.07) is 12.2. The number of nitrogens with zero attached hydrogens (tertiary/aromatic N) is 5. The first kappa shape index (κ1) is 23.1. The van der Waals surface area contributed by atoms with Crippen LogP contribution >= 0.6 is 11.6 Å². The number of halogens is 1. The van der Waals surface area contributed by atoms with Crippen molar-refractivity contribution in [3.8, 4) is 0 Å². The highest BCUT2D eigenvalue weighted by molar-refractivity contribution is 6.30. The third kappa shape index (κ3) is 4.96. The van der Waals surface area contributed by atoms with Crippen molar-refractivity contribution in [1.29, 1.82) is 0 Å². The van der Waals surface area contributed by atoms with Crippen molar-refractivity contribution in [3.63, 3.8) is 0 Å². The van der Waals surface area contributed by atoms with Crippen LogP contribution in [0.15, 0.2) is 64.4 Å². The molecule has 1 atom stereocenters. The molecule has 4 rings (SSSR count). The summed E-state index contributed by atoms with van der Waals surface area (Å²) < 4.78 is 6.97. The maximum atomic E-state index is 13.4. The van der Waals surface area contributed by atoms with Gasteiger partial charge in [-0.1, -0.05) is 30.7 Å². The van der Waals surface area contributed by atoms with E-state index in [1.54, 1.807) is 61.8 Å². The second kappa shape index (κ2) is 9.84. The molecule has 2 heterocycles. The quantitative estimate of drug-likeness (QED) is 0.401. The molecule has 0 aliphatic rings. The zero-order chi connectivity index (χ0) is 24.2. The fraction of sp³-hybridized carbons (Fsp3) is 0.217. The summed E-state index contributed by atoms with van der Waals surface area (Å²) >= 11 is 5.99. The zero-order valence-corrected chi connectivity index (χ0v) is 19.2. The van der Waals surface area contributed by atoms with E-state index in [1.165, 1.54) is 11.7 Å². The van der Waals surface area contributed by atoms with Gasteiger partial charge >= 0.3 is 17.3 Å². The van der Waals surface area contributed by atoms with Crippen molar-refractivity contribution in [3.05, 3.63) is 86.4 Å². The molecule has 174 valence electrons. The first-order chi connectivity index (χ1) is 16.4. The van der Waals surface area contributed by atoms with Crippen LogP contribution in [-0.4, -0.2) is 37.2 Å². The minimum atomic E-state index is -0.781. The molecular weight excluding hydrogens is 460 g/mol. The van der Waals surface area contributed by atoms with Crippen molar-refractivity contribution in [2.45, 2.75) is 20.0 Å². The maximum Gasteiger partial charge on any atom is 0.354 e. The molecule has 0 unspecified atom stereocenters. The maximum absolute atomic E-state index is 13.4. The van der Waals surface area contributed by atoms with Crippen LogP contribution in [0.5, 0.6) is 0 Å². The van der Waals surface area contributed by atoms with Crippen LogP contribution in [0.1, 0.15) is 12.5 Å². The van der Waals surface area contributed by atoms with Gasteiger partial charge in [0.1, 0.15) is 0 Å². The molecule has 10 nitrogen and oxygen atoms in total. The minimum Gasteiger partial charge on any atom is -0.469 e. The lowest BCUT2D eigenvalue weighted by atomic mass is 10.2. The summed E-state index contributed by atoms with van der Waals surface area (Å²) in [5.74, 6) is -1.19. The Hall–Kier alpha value is -4.05. The van der Waals surface area contributed by atoms with Gasteiger partial charge in [-0.2, -0.15) is 4.98 Å². The van der Waals surface area contributed by atoms with Crippen LogP contribution in [0.25, 0.3) is 11.0 Å². The molecule has 0 aliphatic carbocycles. The number of rotatable bonds is 7. The van der Waals surface area contributed by atoms with Crippen molar-refractivity contribution >= 4 is 40.2 Å². The molecule has 11 heteroatoms. The number of fused-ring (bicyclic) bond motifs is 1. The Morgan fingerprint density at radius 2 is 1.76 bits per heavy atom. The third-order valence-electron chi connectivity index (χ3n) is 5.19. The van der Waals surface area contributed by atoms with E-state index < -0.39 is 23.3 Å². The van der Waals surface area contributed by atoms with Gasteiger partial charge in [0.15, 0.2) is 0 Å². The predicted octanol–water partition coefficient (Wildman–Crippen LogP) is 2.60. The van der Waals surface area contributed by atoms with Crippen LogP contribution in [-0.2, 0) is 22.6 Å².